The summed E-state index contributed by atoms with van der Waals surface area (Å²) in [5.41, 5.74) is 4.98. The predicted molar refractivity (Wildman–Crippen MR) is 70.4 cm³/mol. The number of benzene rings is 1. The molecule has 0 radical (unpaired) electrons. The molecule has 90 valence electrons. The van der Waals surface area contributed by atoms with Gasteiger partial charge in [-0.25, -0.2) is 0 Å². The molecule has 1 aliphatic rings. The Labute approximate surface area is 106 Å². The van der Waals surface area contributed by atoms with Gasteiger partial charge in [0, 0.05) is 30.8 Å². The van der Waals surface area contributed by atoms with Crippen LogP contribution in [0.1, 0.15) is 27.2 Å². The van der Waals surface area contributed by atoms with Gasteiger partial charge in [-0.3, -0.25) is 9.48 Å². The first kappa shape index (κ1) is 11.0. The number of carbonyl (C=O) groups is 1. The smallest absolute Gasteiger partial charge is 0.189 e. The Hall–Kier alpha value is -2.16. The molecule has 18 heavy (non-hydrogen) atoms. The molecule has 1 aromatic carbocycles. The molecule has 3 rings (SSSR count). The van der Waals surface area contributed by atoms with Crippen molar-refractivity contribution in [1.29, 1.82) is 0 Å². The minimum absolute atomic E-state index is 0.145. The zero-order valence-electron chi connectivity index (χ0n) is 10.5. The molecule has 1 aliphatic carbocycles. The topological polar surface area (TPSA) is 34.9 Å². The highest BCUT2D eigenvalue weighted by atomic mass is 16.1. The van der Waals surface area contributed by atoms with Gasteiger partial charge in [-0.05, 0) is 24.6 Å². The molecule has 0 unspecified atom stereocenters. The molecular formula is C15H14N2O. The zero-order valence-corrected chi connectivity index (χ0v) is 10.5. The zero-order chi connectivity index (χ0) is 12.7. The predicted octanol–water partition coefficient (Wildman–Crippen LogP) is 2.55. The van der Waals surface area contributed by atoms with E-state index in [0.717, 1.165) is 28.8 Å². The van der Waals surface area contributed by atoms with Gasteiger partial charge in [0.25, 0.3) is 0 Å². The number of rotatable bonds is 1. The van der Waals surface area contributed by atoms with E-state index in [4.69, 9.17) is 0 Å². The molecule has 1 heterocycles. The monoisotopic (exact) mass is 238 g/mol. The number of carbonyl (C=O) groups excluding carboxylic acids is 1. The average molecular weight is 238 g/mol. The molecule has 0 N–H and O–H groups in total. The van der Waals surface area contributed by atoms with Crippen LogP contribution >= 0.6 is 0 Å². The number of aryl methyl sites for hydroxylation is 2. The number of fused-ring (bicyclic) bond motifs is 1. The third-order valence-electron chi connectivity index (χ3n) is 3.36. The highest BCUT2D eigenvalue weighted by Crippen LogP contribution is 2.28. The van der Waals surface area contributed by atoms with Crippen molar-refractivity contribution in [3.8, 4) is 0 Å². The van der Waals surface area contributed by atoms with Crippen molar-refractivity contribution in [2.75, 3.05) is 0 Å². The Kier molecular flexibility index (Phi) is 2.40. The molecule has 0 spiro atoms. The third kappa shape index (κ3) is 1.68. The van der Waals surface area contributed by atoms with E-state index in [0.29, 0.717) is 0 Å². The van der Waals surface area contributed by atoms with Crippen LogP contribution < -0.4 is 0 Å². The van der Waals surface area contributed by atoms with E-state index in [1.54, 1.807) is 10.9 Å². The van der Waals surface area contributed by atoms with E-state index in [-0.39, 0.29) is 5.78 Å². The maximum absolute atomic E-state index is 12.2. The van der Waals surface area contributed by atoms with Crippen LogP contribution in [0, 0.1) is 6.92 Å². The first-order chi connectivity index (χ1) is 8.65. The molecule has 0 saturated heterocycles. The number of Topliss-reactive ketones (excluding diaryl/α,β-unsaturated/α-hetero) is 1. The van der Waals surface area contributed by atoms with Crippen molar-refractivity contribution < 1.29 is 4.79 Å². The lowest BCUT2D eigenvalue weighted by atomic mass is 10.1. The number of nitrogens with zero attached hydrogens (tertiary/aromatic N) is 2. The fourth-order valence-corrected chi connectivity index (χ4v) is 2.37. The van der Waals surface area contributed by atoms with E-state index in [1.165, 1.54) is 5.56 Å². The van der Waals surface area contributed by atoms with E-state index in [1.807, 2.05) is 38.2 Å². The normalized spacial score (nSPS) is 16.3. The SMILES string of the molecule is Cc1ccc2c(c1)C/C(=C/c1ccnn1C)C2=O. The molecule has 0 amide bonds. The van der Waals surface area contributed by atoms with Gasteiger partial charge in [-0.2, -0.15) is 5.10 Å². The molecule has 0 bridgehead atoms. The van der Waals surface area contributed by atoms with Gasteiger partial charge in [0.15, 0.2) is 5.78 Å². The van der Waals surface area contributed by atoms with E-state index >= 15 is 0 Å². The van der Waals surface area contributed by atoms with Crippen molar-refractivity contribution in [1.82, 2.24) is 9.78 Å². The van der Waals surface area contributed by atoms with Crippen LogP contribution in [0.5, 0.6) is 0 Å². The van der Waals surface area contributed by atoms with E-state index < -0.39 is 0 Å². The van der Waals surface area contributed by atoms with Crippen LogP contribution in [0.3, 0.4) is 0 Å². The summed E-state index contributed by atoms with van der Waals surface area (Å²) in [7, 11) is 1.88. The van der Waals surface area contributed by atoms with Crippen molar-refractivity contribution in [3.63, 3.8) is 0 Å². The van der Waals surface area contributed by atoms with Crippen LogP contribution in [0.15, 0.2) is 36.0 Å². The summed E-state index contributed by atoms with van der Waals surface area (Å²) in [5.74, 6) is 0.145. The summed E-state index contributed by atoms with van der Waals surface area (Å²) in [4.78, 5) is 12.2. The molecule has 1 aromatic heterocycles. The van der Waals surface area contributed by atoms with E-state index in [2.05, 4.69) is 11.2 Å². The number of allylic oxidation sites excluding steroid dienone is 1. The van der Waals surface area contributed by atoms with Gasteiger partial charge in [-0.1, -0.05) is 23.8 Å². The Morgan fingerprint density at radius 1 is 1.33 bits per heavy atom. The Bertz CT molecular complexity index is 665. The summed E-state index contributed by atoms with van der Waals surface area (Å²) in [6.45, 7) is 2.05. The fourth-order valence-electron chi connectivity index (χ4n) is 2.37. The molecule has 3 heteroatoms. The van der Waals surface area contributed by atoms with Crippen molar-refractivity contribution in [2.45, 2.75) is 13.3 Å². The van der Waals surface area contributed by atoms with Crippen LogP contribution in [0.25, 0.3) is 6.08 Å². The molecule has 0 fully saturated rings. The fraction of sp³-hybridized carbons (Fsp3) is 0.200. The van der Waals surface area contributed by atoms with Gasteiger partial charge >= 0.3 is 0 Å². The van der Waals surface area contributed by atoms with Gasteiger partial charge in [0.1, 0.15) is 0 Å². The lowest BCUT2D eigenvalue weighted by Crippen LogP contribution is -1.98. The Morgan fingerprint density at radius 3 is 2.89 bits per heavy atom. The molecular weight excluding hydrogens is 224 g/mol. The van der Waals surface area contributed by atoms with Crippen molar-refractivity contribution in [3.05, 3.63) is 58.4 Å². The Morgan fingerprint density at radius 2 is 2.17 bits per heavy atom. The average Bonchev–Trinajstić information content (AvgIpc) is 2.86. The molecule has 0 aliphatic heterocycles. The van der Waals surface area contributed by atoms with Crippen LogP contribution in [0.2, 0.25) is 0 Å². The van der Waals surface area contributed by atoms with Gasteiger partial charge in [-0.15, -0.1) is 0 Å². The van der Waals surface area contributed by atoms with Gasteiger partial charge in [0.05, 0.1) is 5.69 Å². The van der Waals surface area contributed by atoms with Gasteiger partial charge in [0.2, 0.25) is 0 Å². The summed E-state index contributed by atoms with van der Waals surface area (Å²) in [6.07, 6.45) is 4.40. The standard InChI is InChI=1S/C15H14N2O/c1-10-3-4-14-11(7-10)8-12(15(14)18)9-13-5-6-16-17(13)2/h3-7,9H,8H2,1-2H3/b12-9-. The third-order valence-corrected chi connectivity index (χ3v) is 3.36. The summed E-state index contributed by atoms with van der Waals surface area (Å²) < 4.78 is 1.77. The first-order valence-corrected chi connectivity index (χ1v) is 5.98. The lowest BCUT2D eigenvalue weighted by molar-refractivity contribution is 0.104. The second-order valence-electron chi connectivity index (χ2n) is 4.72. The van der Waals surface area contributed by atoms with Crippen molar-refractivity contribution in [2.24, 2.45) is 7.05 Å². The summed E-state index contributed by atoms with van der Waals surface area (Å²) in [6, 6.07) is 7.92. The number of ketones is 1. The Balaban J connectivity index is 2.02. The maximum Gasteiger partial charge on any atom is 0.189 e. The first-order valence-electron chi connectivity index (χ1n) is 5.98. The van der Waals surface area contributed by atoms with Gasteiger partial charge < -0.3 is 0 Å². The highest BCUT2D eigenvalue weighted by molar-refractivity contribution is 6.15. The molecule has 2 aromatic rings. The van der Waals surface area contributed by atoms with Crippen LogP contribution in [-0.4, -0.2) is 15.6 Å². The highest BCUT2D eigenvalue weighted by Gasteiger charge is 2.24. The largest absolute Gasteiger partial charge is 0.289 e. The lowest BCUT2D eigenvalue weighted by Gasteiger charge is -1.97. The van der Waals surface area contributed by atoms with Crippen LogP contribution in [-0.2, 0) is 13.5 Å². The molecule has 0 saturated carbocycles. The van der Waals surface area contributed by atoms with E-state index in [9.17, 15) is 4.79 Å². The second-order valence-corrected chi connectivity index (χ2v) is 4.72. The minimum Gasteiger partial charge on any atom is -0.289 e. The second kappa shape index (κ2) is 3.95. The molecule has 0 atom stereocenters. The number of hydrogen-bond acceptors (Lipinski definition) is 2. The number of hydrogen-bond donors (Lipinski definition) is 0. The van der Waals surface area contributed by atoms with Crippen molar-refractivity contribution >= 4 is 11.9 Å². The maximum atomic E-state index is 12.2. The summed E-state index contributed by atoms with van der Waals surface area (Å²) in [5, 5.41) is 4.11. The quantitative estimate of drug-likeness (QED) is 0.716. The molecule has 3 nitrogen and oxygen atoms in total. The summed E-state index contributed by atoms with van der Waals surface area (Å²) >= 11 is 0. The number of aromatic nitrogens is 2. The minimum atomic E-state index is 0.145. The van der Waals surface area contributed by atoms with Crippen LogP contribution in [0.4, 0.5) is 0 Å².